The molecular weight excluding hydrogens is 332 g/mol. The summed E-state index contributed by atoms with van der Waals surface area (Å²) in [5.41, 5.74) is 0.760. The van der Waals surface area contributed by atoms with Crippen LogP contribution in [0.25, 0.3) is 6.08 Å². The molecule has 0 aromatic heterocycles. The third kappa shape index (κ3) is 5.39. The van der Waals surface area contributed by atoms with Crippen molar-refractivity contribution in [3.05, 3.63) is 23.8 Å². The number of hydrogen-bond acceptors (Lipinski definition) is 5. The molecule has 1 aromatic rings. The summed E-state index contributed by atoms with van der Waals surface area (Å²) in [7, 11) is 6.86. The Morgan fingerprint density at radius 2 is 1.85 bits per heavy atom. The normalized spacial score (nSPS) is 15.8. The Balaban J connectivity index is 1.89. The van der Waals surface area contributed by atoms with Crippen LogP contribution < -0.4 is 19.5 Å². The van der Waals surface area contributed by atoms with E-state index in [0.29, 0.717) is 29.7 Å². The Bertz CT molecular complexity index is 622. The Labute approximate surface area is 156 Å². The molecule has 2 rings (SSSR count). The van der Waals surface area contributed by atoms with E-state index in [4.69, 9.17) is 14.2 Å². The van der Waals surface area contributed by atoms with Gasteiger partial charge in [0, 0.05) is 18.2 Å². The molecule has 1 aliphatic rings. The number of methoxy groups -OCH3 is 3. The van der Waals surface area contributed by atoms with Gasteiger partial charge in [-0.3, -0.25) is 4.79 Å². The van der Waals surface area contributed by atoms with Crippen molar-refractivity contribution in [1.29, 1.82) is 0 Å². The summed E-state index contributed by atoms with van der Waals surface area (Å²) in [4.78, 5) is 14.4. The van der Waals surface area contributed by atoms with Gasteiger partial charge in [-0.2, -0.15) is 0 Å². The zero-order chi connectivity index (χ0) is 18.9. The maximum Gasteiger partial charge on any atom is 0.244 e. The molecule has 0 bridgehead atoms. The Kier molecular flexibility index (Phi) is 7.78. The maximum atomic E-state index is 12.1. The van der Waals surface area contributed by atoms with Crippen LogP contribution in [0.5, 0.6) is 17.2 Å². The molecule has 1 aliphatic heterocycles. The third-order valence-electron chi connectivity index (χ3n) is 4.84. The van der Waals surface area contributed by atoms with E-state index in [1.54, 1.807) is 33.5 Å². The van der Waals surface area contributed by atoms with E-state index in [2.05, 4.69) is 17.3 Å². The minimum atomic E-state index is -0.102. The van der Waals surface area contributed by atoms with E-state index < -0.39 is 0 Å². The number of nitrogens with zero attached hydrogens (tertiary/aromatic N) is 1. The molecule has 6 heteroatoms. The summed E-state index contributed by atoms with van der Waals surface area (Å²) >= 11 is 0. The number of ether oxygens (including phenoxy) is 3. The van der Waals surface area contributed by atoms with Crippen LogP contribution in [0.4, 0.5) is 0 Å². The molecule has 1 fully saturated rings. The lowest BCUT2D eigenvalue weighted by atomic mass is 9.94. The van der Waals surface area contributed by atoms with Crippen molar-refractivity contribution in [3.63, 3.8) is 0 Å². The minimum absolute atomic E-state index is 0.102. The average Bonchev–Trinajstić information content (AvgIpc) is 2.66. The van der Waals surface area contributed by atoms with Gasteiger partial charge in [-0.25, -0.2) is 0 Å². The van der Waals surface area contributed by atoms with E-state index in [1.165, 1.54) is 18.9 Å². The van der Waals surface area contributed by atoms with Crippen LogP contribution in [-0.4, -0.2) is 58.8 Å². The second-order valence-corrected chi connectivity index (χ2v) is 6.58. The summed E-state index contributed by atoms with van der Waals surface area (Å²) in [5, 5.41) is 2.96. The third-order valence-corrected chi connectivity index (χ3v) is 4.84. The summed E-state index contributed by atoms with van der Waals surface area (Å²) in [5.74, 6) is 2.25. The maximum absolute atomic E-state index is 12.1. The molecule has 1 heterocycles. The first-order valence-electron chi connectivity index (χ1n) is 9.02. The van der Waals surface area contributed by atoms with Crippen LogP contribution >= 0.6 is 0 Å². The van der Waals surface area contributed by atoms with Gasteiger partial charge < -0.3 is 24.4 Å². The SMILES string of the molecule is COc1ccc(/C=C/C(=O)NCCC2CCN(C)CC2)c(OC)c1OC. The van der Waals surface area contributed by atoms with Crippen molar-refractivity contribution < 1.29 is 19.0 Å². The zero-order valence-corrected chi connectivity index (χ0v) is 16.2. The van der Waals surface area contributed by atoms with Crippen molar-refractivity contribution >= 4 is 12.0 Å². The van der Waals surface area contributed by atoms with Crippen molar-refractivity contribution in [2.24, 2.45) is 5.92 Å². The highest BCUT2D eigenvalue weighted by Gasteiger charge is 2.16. The van der Waals surface area contributed by atoms with Gasteiger partial charge in [0.05, 0.1) is 21.3 Å². The molecule has 1 saturated heterocycles. The minimum Gasteiger partial charge on any atom is -0.493 e. The van der Waals surface area contributed by atoms with Crippen LogP contribution in [0.15, 0.2) is 18.2 Å². The van der Waals surface area contributed by atoms with Gasteiger partial charge in [-0.15, -0.1) is 0 Å². The average molecular weight is 362 g/mol. The second-order valence-electron chi connectivity index (χ2n) is 6.58. The van der Waals surface area contributed by atoms with E-state index >= 15 is 0 Å². The molecule has 144 valence electrons. The topological polar surface area (TPSA) is 60.0 Å². The molecule has 0 spiro atoms. The lowest BCUT2D eigenvalue weighted by Gasteiger charge is -2.28. The van der Waals surface area contributed by atoms with Gasteiger partial charge in [0.2, 0.25) is 11.7 Å². The highest BCUT2D eigenvalue weighted by molar-refractivity contribution is 5.92. The zero-order valence-electron chi connectivity index (χ0n) is 16.2. The molecule has 1 aromatic carbocycles. The van der Waals surface area contributed by atoms with E-state index in [9.17, 15) is 4.79 Å². The number of rotatable bonds is 8. The molecule has 0 saturated carbocycles. The van der Waals surface area contributed by atoms with Crippen LogP contribution in [0.2, 0.25) is 0 Å². The van der Waals surface area contributed by atoms with Crippen LogP contribution in [0.3, 0.4) is 0 Å². The second kappa shape index (κ2) is 10.1. The number of nitrogens with one attached hydrogen (secondary N) is 1. The molecule has 0 unspecified atom stereocenters. The first-order valence-corrected chi connectivity index (χ1v) is 9.02. The molecule has 0 atom stereocenters. The Morgan fingerprint density at radius 1 is 1.15 bits per heavy atom. The molecule has 0 aliphatic carbocycles. The highest BCUT2D eigenvalue weighted by atomic mass is 16.5. The van der Waals surface area contributed by atoms with Gasteiger partial charge in [0.15, 0.2) is 11.5 Å². The standard InChI is InChI=1S/C20H30N2O4/c1-22-13-10-15(11-14-22)9-12-21-18(23)8-6-16-5-7-17(24-2)20(26-4)19(16)25-3/h5-8,15H,9-14H2,1-4H3,(H,21,23)/b8-6+. The monoisotopic (exact) mass is 362 g/mol. The van der Waals surface area contributed by atoms with Crippen molar-refractivity contribution in [3.8, 4) is 17.2 Å². The first kappa shape index (κ1) is 20.1. The highest BCUT2D eigenvalue weighted by Crippen LogP contribution is 2.40. The number of hydrogen-bond donors (Lipinski definition) is 1. The molecule has 6 nitrogen and oxygen atoms in total. The van der Waals surface area contributed by atoms with Gasteiger partial charge >= 0.3 is 0 Å². The number of amides is 1. The first-order chi connectivity index (χ1) is 12.6. The largest absolute Gasteiger partial charge is 0.493 e. The van der Waals surface area contributed by atoms with Gasteiger partial charge in [-0.05, 0) is 63.5 Å². The van der Waals surface area contributed by atoms with Crippen molar-refractivity contribution in [1.82, 2.24) is 10.2 Å². The summed E-state index contributed by atoms with van der Waals surface area (Å²) in [6, 6.07) is 3.63. The molecule has 1 amide bonds. The Hall–Kier alpha value is -2.21. The molecule has 0 radical (unpaired) electrons. The predicted molar refractivity (Wildman–Crippen MR) is 103 cm³/mol. The predicted octanol–water partition coefficient (Wildman–Crippen LogP) is 2.57. The number of benzene rings is 1. The summed E-state index contributed by atoms with van der Waals surface area (Å²) < 4.78 is 16.0. The van der Waals surface area contributed by atoms with E-state index in [0.717, 1.165) is 25.1 Å². The fraction of sp³-hybridized carbons (Fsp3) is 0.550. The number of carbonyl (C=O) groups excluding carboxylic acids is 1. The molecule has 1 N–H and O–H groups in total. The van der Waals surface area contributed by atoms with Crippen molar-refractivity contribution in [2.75, 3.05) is 48.0 Å². The van der Waals surface area contributed by atoms with Crippen LogP contribution in [0, 0.1) is 5.92 Å². The van der Waals surface area contributed by atoms with Crippen molar-refractivity contribution in [2.45, 2.75) is 19.3 Å². The number of carbonyl (C=O) groups is 1. The van der Waals surface area contributed by atoms with Gasteiger partial charge in [0.1, 0.15) is 0 Å². The fourth-order valence-electron chi connectivity index (χ4n) is 3.23. The smallest absolute Gasteiger partial charge is 0.244 e. The molecular formula is C20H30N2O4. The fourth-order valence-corrected chi connectivity index (χ4v) is 3.23. The summed E-state index contributed by atoms with van der Waals surface area (Å²) in [6.45, 7) is 3.01. The number of likely N-dealkylation sites (tertiary alicyclic amines) is 1. The molecule has 26 heavy (non-hydrogen) atoms. The lowest BCUT2D eigenvalue weighted by molar-refractivity contribution is -0.116. The quantitative estimate of drug-likeness (QED) is 0.720. The van der Waals surface area contributed by atoms with Gasteiger partial charge in [-0.1, -0.05) is 0 Å². The summed E-state index contributed by atoms with van der Waals surface area (Å²) in [6.07, 6.45) is 6.72. The van der Waals surface area contributed by atoms with Crippen LogP contribution in [-0.2, 0) is 4.79 Å². The lowest BCUT2D eigenvalue weighted by Crippen LogP contribution is -2.32. The Morgan fingerprint density at radius 3 is 2.46 bits per heavy atom. The van der Waals surface area contributed by atoms with E-state index in [1.807, 2.05) is 6.07 Å². The van der Waals surface area contributed by atoms with Crippen LogP contribution in [0.1, 0.15) is 24.8 Å². The van der Waals surface area contributed by atoms with Gasteiger partial charge in [0.25, 0.3) is 0 Å². The van der Waals surface area contributed by atoms with E-state index in [-0.39, 0.29) is 5.91 Å². The number of piperidine rings is 1.